The van der Waals surface area contributed by atoms with E-state index in [1.165, 1.54) is 25.7 Å². The van der Waals surface area contributed by atoms with Crippen LogP contribution in [0.3, 0.4) is 0 Å². The first-order valence-electron chi connectivity index (χ1n) is 6.86. The third-order valence-corrected chi connectivity index (χ3v) is 3.94. The molecule has 0 saturated heterocycles. The zero-order chi connectivity index (χ0) is 13.8. The number of hydrogen-bond acceptors (Lipinski definition) is 3. The highest BCUT2D eigenvalue weighted by Crippen LogP contribution is 2.28. The van der Waals surface area contributed by atoms with Crippen LogP contribution in [-0.4, -0.2) is 19.1 Å². The second-order valence-electron chi connectivity index (χ2n) is 5.27. The van der Waals surface area contributed by atoms with Crippen LogP contribution in [0.5, 0.6) is 5.75 Å². The number of nitrogens with two attached hydrogens (primary N) is 1. The zero-order valence-corrected chi connectivity index (χ0v) is 11.6. The van der Waals surface area contributed by atoms with E-state index in [0.717, 1.165) is 0 Å². The maximum Gasteiger partial charge on any atom is 0.255 e. The minimum absolute atomic E-state index is 0.0868. The molecule has 0 radical (unpaired) electrons. The molecule has 1 fully saturated rings. The van der Waals surface area contributed by atoms with Gasteiger partial charge in [0.05, 0.1) is 12.7 Å². The second kappa shape index (κ2) is 5.95. The lowest BCUT2D eigenvalue weighted by molar-refractivity contribution is 0.0924. The highest BCUT2D eigenvalue weighted by atomic mass is 16.5. The van der Waals surface area contributed by atoms with Gasteiger partial charge in [-0.15, -0.1) is 0 Å². The molecular formula is C15H22N2O2. The number of anilines is 1. The van der Waals surface area contributed by atoms with Gasteiger partial charge in [0.25, 0.3) is 5.91 Å². The van der Waals surface area contributed by atoms with Crippen molar-refractivity contribution in [1.29, 1.82) is 0 Å². The molecule has 0 spiro atoms. The Morgan fingerprint density at radius 3 is 2.74 bits per heavy atom. The van der Waals surface area contributed by atoms with Crippen LogP contribution in [0, 0.1) is 5.92 Å². The molecule has 1 aromatic carbocycles. The first-order chi connectivity index (χ1) is 9.11. The number of hydrogen-bond donors (Lipinski definition) is 2. The maximum absolute atomic E-state index is 12.3. The number of nitrogens with one attached hydrogen (secondary N) is 1. The Morgan fingerprint density at radius 2 is 2.11 bits per heavy atom. The predicted molar refractivity (Wildman–Crippen MR) is 76.3 cm³/mol. The summed E-state index contributed by atoms with van der Waals surface area (Å²) >= 11 is 0. The van der Waals surface area contributed by atoms with Crippen molar-refractivity contribution in [3.8, 4) is 5.75 Å². The second-order valence-corrected chi connectivity index (χ2v) is 5.27. The van der Waals surface area contributed by atoms with Crippen molar-refractivity contribution in [2.75, 3.05) is 12.8 Å². The topological polar surface area (TPSA) is 64.3 Å². The van der Waals surface area contributed by atoms with E-state index in [-0.39, 0.29) is 11.9 Å². The summed E-state index contributed by atoms with van der Waals surface area (Å²) in [4.78, 5) is 12.3. The average Bonchev–Trinajstić information content (AvgIpc) is 2.92. The van der Waals surface area contributed by atoms with E-state index in [0.29, 0.717) is 22.9 Å². The minimum atomic E-state index is -0.0868. The van der Waals surface area contributed by atoms with Crippen molar-refractivity contribution in [1.82, 2.24) is 5.32 Å². The Morgan fingerprint density at radius 1 is 1.42 bits per heavy atom. The molecule has 1 aliphatic rings. The third-order valence-electron chi connectivity index (χ3n) is 3.94. The first-order valence-corrected chi connectivity index (χ1v) is 6.86. The van der Waals surface area contributed by atoms with Gasteiger partial charge in [-0.25, -0.2) is 0 Å². The van der Waals surface area contributed by atoms with E-state index < -0.39 is 0 Å². The number of methoxy groups -OCH3 is 1. The van der Waals surface area contributed by atoms with Gasteiger partial charge >= 0.3 is 0 Å². The lowest BCUT2D eigenvalue weighted by Gasteiger charge is -2.21. The molecule has 4 heteroatoms. The fourth-order valence-corrected chi connectivity index (χ4v) is 2.76. The third kappa shape index (κ3) is 3.19. The molecule has 1 saturated carbocycles. The van der Waals surface area contributed by atoms with E-state index in [1.807, 2.05) is 0 Å². The molecule has 0 bridgehead atoms. The van der Waals surface area contributed by atoms with E-state index in [9.17, 15) is 4.79 Å². The summed E-state index contributed by atoms with van der Waals surface area (Å²) < 4.78 is 5.21. The zero-order valence-electron chi connectivity index (χ0n) is 11.6. The fraction of sp³-hybridized carbons (Fsp3) is 0.533. The van der Waals surface area contributed by atoms with Crippen molar-refractivity contribution >= 4 is 11.6 Å². The van der Waals surface area contributed by atoms with Crippen LogP contribution in [-0.2, 0) is 0 Å². The molecule has 0 aliphatic heterocycles. The van der Waals surface area contributed by atoms with E-state index in [4.69, 9.17) is 10.5 Å². The van der Waals surface area contributed by atoms with Gasteiger partial charge < -0.3 is 15.8 Å². The number of carbonyl (C=O) groups excluding carboxylic acids is 1. The van der Waals surface area contributed by atoms with E-state index in [1.54, 1.807) is 25.3 Å². The molecule has 1 aliphatic carbocycles. The van der Waals surface area contributed by atoms with Crippen LogP contribution in [0.4, 0.5) is 5.69 Å². The number of rotatable bonds is 4. The van der Waals surface area contributed by atoms with Crippen molar-refractivity contribution in [2.24, 2.45) is 5.92 Å². The van der Waals surface area contributed by atoms with Gasteiger partial charge in [0.1, 0.15) is 5.75 Å². The quantitative estimate of drug-likeness (QED) is 0.820. The van der Waals surface area contributed by atoms with Crippen LogP contribution < -0.4 is 15.8 Å². The highest BCUT2D eigenvalue weighted by Gasteiger charge is 2.24. The monoisotopic (exact) mass is 262 g/mol. The number of nitrogen functional groups attached to an aromatic ring is 1. The Balaban J connectivity index is 2.06. The van der Waals surface area contributed by atoms with Crippen LogP contribution in [0.25, 0.3) is 0 Å². The largest absolute Gasteiger partial charge is 0.496 e. The number of ether oxygens (including phenoxy) is 1. The standard InChI is InChI=1S/C15H22N2O2/c1-10(11-5-3-4-6-11)17-15(18)13-8-7-12(16)9-14(13)19-2/h7-11H,3-6,16H2,1-2H3,(H,17,18)/t10-/m1/s1. The predicted octanol–water partition coefficient (Wildman–Crippen LogP) is 2.59. The van der Waals surface area contributed by atoms with Crippen molar-refractivity contribution in [2.45, 2.75) is 38.6 Å². The maximum atomic E-state index is 12.3. The van der Waals surface area contributed by atoms with Gasteiger partial charge in [0.15, 0.2) is 0 Å². The Hall–Kier alpha value is -1.71. The number of amides is 1. The van der Waals surface area contributed by atoms with Crippen molar-refractivity contribution < 1.29 is 9.53 Å². The van der Waals surface area contributed by atoms with Crippen LogP contribution in [0.2, 0.25) is 0 Å². The Bertz CT molecular complexity index is 453. The van der Waals surface area contributed by atoms with Crippen LogP contribution in [0.15, 0.2) is 18.2 Å². The molecule has 4 nitrogen and oxygen atoms in total. The van der Waals surface area contributed by atoms with Gasteiger partial charge in [0, 0.05) is 17.8 Å². The highest BCUT2D eigenvalue weighted by molar-refractivity contribution is 5.97. The summed E-state index contributed by atoms with van der Waals surface area (Å²) in [7, 11) is 1.55. The summed E-state index contributed by atoms with van der Waals surface area (Å²) in [5.41, 5.74) is 6.83. The molecular weight excluding hydrogens is 240 g/mol. The summed E-state index contributed by atoms with van der Waals surface area (Å²) in [5, 5.41) is 3.07. The van der Waals surface area contributed by atoms with E-state index >= 15 is 0 Å². The molecule has 2 rings (SSSR count). The SMILES string of the molecule is COc1cc(N)ccc1C(=O)N[C@H](C)C1CCCC1. The number of benzene rings is 1. The lowest BCUT2D eigenvalue weighted by Crippen LogP contribution is -2.37. The molecule has 1 aromatic rings. The summed E-state index contributed by atoms with van der Waals surface area (Å²) in [5.74, 6) is 1.04. The molecule has 0 unspecified atom stereocenters. The molecule has 0 aromatic heterocycles. The van der Waals surface area contributed by atoms with Crippen molar-refractivity contribution in [3.05, 3.63) is 23.8 Å². The van der Waals surface area contributed by atoms with E-state index in [2.05, 4.69) is 12.2 Å². The van der Waals surface area contributed by atoms with Gasteiger partial charge in [-0.05, 0) is 37.8 Å². The normalized spacial score (nSPS) is 17.2. The Kier molecular flexibility index (Phi) is 4.30. The lowest BCUT2D eigenvalue weighted by atomic mass is 9.99. The average molecular weight is 262 g/mol. The summed E-state index contributed by atoms with van der Waals surface area (Å²) in [6, 6.07) is 5.31. The first kappa shape index (κ1) is 13.7. The minimum Gasteiger partial charge on any atom is -0.496 e. The van der Waals surface area contributed by atoms with Gasteiger partial charge in [-0.3, -0.25) is 4.79 Å². The Labute approximate surface area is 114 Å². The summed E-state index contributed by atoms with van der Waals surface area (Å²) in [6.45, 7) is 2.08. The van der Waals surface area contributed by atoms with Gasteiger partial charge in [0.2, 0.25) is 0 Å². The number of carbonyl (C=O) groups is 1. The van der Waals surface area contributed by atoms with Gasteiger partial charge in [-0.2, -0.15) is 0 Å². The molecule has 3 N–H and O–H groups in total. The smallest absolute Gasteiger partial charge is 0.255 e. The van der Waals surface area contributed by atoms with Crippen molar-refractivity contribution in [3.63, 3.8) is 0 Å². The van der Waals surface area contributed by atoms with Gasteiger partial charge in [-0.1, -0.05) is 12.8 Å². The van der Waals surface area contributed by atoms with Crippen LogP contribution in [0.1, 0.15) is 43.0 Å². The molecule has 0 heterocycles. The van der Waals surface area contributed by atoms with Crippen LogP contribution >= 0.6 is 0 Å². The molecule has 19 heavy (non-hydrogen) atoms. The molecule has 1 amide bonds. The summed E-state index contributed by atoms with van der Waals surface area (Å²) in [6.07, 6.45) is 4.97. The molecule has 1 atom stereocenters. The molecule has 104 valence electrons. The fourth-order valence-electron chi connectivity index (χ4n) is 2.76.